The van der Waals surface area contributed by atoms with Crippen LogP contribution in [0, 0.1) is 6.92 Å². The Bertz CT molecular complexity index is 1160. The van der Waals surface area contributed by atoms with Crippen molar-refractivity contribution in [1.29, 1.82) is 0 Å². The van der Waals surface area contributed by atoms with Crippen LogP contribution in [0.4, 0.5) is 0 Å². The molecular weight excluding hydrogens is 472 g/mol. The minimum atomic E-state index is -0.680. The third-order valence-electron chi connectivity index (χ3n) is 6.57. The van der Waals surface area contributed by atoms with Crippen LogP contribution >= 0.6 is 11.6 Å². The molecule has 36 heavy (non-hydrogen) atoms. The first kappa shape index (κ1) is 25.8. The SMILES string of the molecule is Cc1cccc(OCC(=O)N(Cc2cccc(Cl)c2)[C@H](Cc2ccccc2)C(=O)NC2CCCC2)c1. The standard InChI is InChI=1S/C30H33ClN2O3/c1-22-9-7-16-27(17-22)36-21-29(34)33(20-24-12-8-13-25(31)18-24)28(19-23-10-3-2-4-11-23)30(35)32-26-14-5-6-15-26/h2-4,7-13,16-18,26,28H,5-6,14-15,19-21H2,1H3,(H,32,35)/t28-/m1/s1. The highest BCUT2D eigenvalue weighted by Gasteiger charge is 2.32. The average molecular weight is 505 g/mol. The van der Waals surface area contributed by atoms with E-state index in [-0.39, 0.29) is 31.0 Å². The Labute approximate surface area is 218 Å². The largest absolute Gasteiger partial charge is 0.484 e. The Morgan fingerprint density at radius 3 is 2.42 bits per heavy atom. The molecule has 1 saturated carbocycles. The molecule has 3 aromatic rings. The van der Waals surface area contributed by atoms with Crippen LogP contribution in [-0.4, -0.2) is 35.4 Å². The van der Waals surface area contributed by atoms with E-state index in [4.69, 9.17) is 16.3 Å². The van der Waals surface area contributed by atoms with Gasteiger partial charge in [-0.05, 0) is 60.7 Å². The van der Waals surface area contributed by atoms with E-state index < -0.39 is 6.04 Å². The van der Waals surface area contributed by atoms with E-state index in [0.29, 0.717) is 17.2 Å². The van der Waals surface area contributed by atoms with Crippen LogP contribution in [-0.2, 0) is 22.6 Å². The van der Waals surface area contributed by atoms with Crippen LogP contribution < -0.4 is 10.1 Å². The molecule has 1 fully saturated rings. The fourth-order valence-corrected chi connectivity index (χ4v) is 4.90. The molecule has 0 saturated heterocycles. The summed E-state index contributed by atoms with van der Waals surface area (Å²) in [6.07, 6.45) is 4.59. The van der Waals surface area contributed by atoms with E-state index >= 15 is 0 Å². The zero-order chi connectivity index (χ0) is 25.3. The predicted octanol–water partition coefficient (Wildman–Crippen LogP) is 5.73. The normalized spacial score (nSPS) is 14.3. The van der Waals surface area contributed by atoms with E-state index in [1.807, 2.05) is 79.7 Å². The van der Waals surface area contributed by atoms with Crippen LogP contribution in [0.25, 0.3) is 0 Å². The van der Waals surface area contributed by atoms with Crippen molar-refractivity contribution >= 4 is 23.4 Å². The zero-order valence-corrected chi connectivity index (χ0v) is 21.4. The summed E-state index contributed by atoms with van der Waals surface area (Å²) in [4.78, 5) is 28.9. The molecule has 0 radical (unpaired) electrons. The maximum absolute atomic E-state index is 13.7. The monoisotopic (exact) mass is 504 g/mol. The third-order valence-corrected chi connectivity index (χ3v) is 6.80. The van der Waals surface area contributed by atoms with Crippen LogP contribution in [0.5, 0.6) is 5.75 Å². The molecule has 5 nitrogen and oxygen atoms in total. The molecule has 0 heterocycles. The number of nitrogens with one attached hydrogen (secondary N) is 1. The number of rotatable bonds is 10. The lowest BCUT2D eigenvalue weighted by Gasteiger charge is -2.32. The molecule has 0 bridgehead atoms. The van der Waals surface area contributed by atoms with Gasteiger partial charge >= 0.3 is 0 Å². The first-order chi connectivity index (χ1) is 17.5. The maximum Gasteiger partial charge on any atom is 0.261 e. The number of halogens is 1. The summed E-state index contributed by atoms with van der Waals surface area (Å²) in [5, 5.41) is 3.80. The van der Waals surface area contributed by atoms with E-state index in [2.05, 4.69) is 5.32 Å². The number of nitrogens with zero attached hydrogens (tertiary/aromatic N) is 1. The Balaban J connectivity index is 1.61. The van der Waals surface area contributed by atoms with Gasteiger partial charge in [-0.1, -0.05) is 79.0 Å². The van der Waals surface area contributed by atoms with Crippen molar-refractivity contribution in [2.45, 2.75) is 57.7 Å². The highest BCUT2D eigenvalue weighted by molar-refractivity contribution is 6.30. The smallest absolute Gasteiger partial charge is 0.261 e. The number of ether oxygens (including phenoxy) is 1. The van der Waals surface area contributed by atoms with Gasteiger partial charge in [0.05, 0.1) is 0 Å². The van der Waals surface area contributed by atoms with Gasteiger partial charge in [-0.25, -0.2) is 0 Å². The van der Waals surface area contributed by atoms with Gasteiger partial charge in [-0.3, -0.25) is 9.59 Å². The summed E-state index contributed by atoms with van der Waals surface area (Å²) in [5.41, 5.74) is 2.90. The molecule has 0 aliphatic heterocycles. The lowest BCUT2D eigenvalue weighted by Crippen LogP contribution is -2.53. The van der Waals surface area contributed by atoms with Gasteiger partial charge < -0.3 is 15.0 Å². The Morgan fingerprint density at radius 1 is 0.972 bits per heavy atom. The molecule has 0 aromatic heterocycles. The Morgan fingerprint density at radius 2 is 1.69 bits per heavy atom. The van der Waals surface area contributed by atoms with Crippen LogP contribution in [0.15, 0.2) is 78.9 Å². The third kappa shape index (κ3) is 7.34. The fourth-order valence-electron chi connectivity index (χ4n) is 4.69. The molecule has 188 valence electrons. The lowest BCUT2D eigenvalue weighted by molar-refractivity contribution is -0.143. The van der Waals surface area contributed by atoms with Crippen LogP contribution in [0.1, 0.15) is 42.4 Å². The van der Waals surface area contributed by atoms with Crippen molar-refractivity contribution in [3.05, 3.63) is 101 Å². The molecule has 0 unspecified atom stereocenters. The second-order valence-corrected chi connectivity index (χ2v) is 9.89. The van der Waals surface area contributed by atoms with E-state index in [1.165, 1.54) is 0 Å². The molecule has 0 spiro atoms. The maximum atomic E-state index is 13.7. The minimum Gasteiger partial charge on any atom is -0.484 e. The summed E-state index contributed by atoms with van der Waals surface area (Å²) in [5.74, 6) is 0.247. The van der Waals surface area contributed by atoms with Crippen LogP contribution in [0.3, 0.4) is 0 Å². The topological polar surface area (TPSA) is 58.6 Å². The Kier molecular flexibility index (Phi) is 9.01. The summed E-state index contributed by atoms with van der Waals surface area (Å²) >= 11 is 6.24. The first-order valence-corrected chi connectivity index (χ1v) is 12.9. The molecule has 1 aliphatic rings. The van der Waals surface area contributed by atoms with Gasteiger partial charge in [0.2, 0.25) is 5.91 Å². The van der Waals surface area contributed by atoms with E-state index in [0.717, 1.165) is 42.4 Å². The number of hydrogen-bond acceptors (Lipinski definition) is 3. The van der Waals surface area contributed by atoms with Crippen molar-refractivity contribution in [2.75, 3.05) is 6.61 Å². The summed E-state index contributed by atoms with van der Waals surface area (Å²) in [7, 11) is 0. The number of hydrogen-bond donors (Lipinski definition) is 1. The average Bonchev–Trinajstić information content (AvgIpc) is 3.38. The van der Waals surface area contributed by atoms with Crippen molar-refractivity contribution in [1.82, 2.24) is 10.2 Å². The fraction of sp³-hybridized carbons (Fsp3) is 0.333. The van der Waals surface area contributed by atoms with Gasteiger partial charge in [0, 0.05) is 24.0 Å². The predicted molar refractivity (Wildman–Crippen MR) is 143 cm³/mol. The molecule has 1 N–H and O–H groups in total. The molecule has 3 aromatic carbocycles. The first-order valence-electron chi connectivity index (χ1n) is 12.6. The zero-order valence-electron chi connectivity index (χ0n) is 20.7. The van der Waals surface area contributed by atoms with E-state index in [9.17, 15) is 9.59 Å². The molecule has 1 atom stereocenters. The van der Waals surface area contributed by atoms with Gasteiger partial charge in [-0.15, -0.1) is 0 Å². The molecular formula is C30H33ClN2O3. The number of carbonyl (C=O) groups excluding carboxylic acids is 2. The highest BCUT2D eigenvalue weighted by Crippen LogP contribution is 2.21. The quantitative estimate of drug-likeness (QED) is 0.384. The van der Waals surface area contributed by atoms with Crippen molar-refractivity contribution in [3.63, 3.8) is 0 Å². The minimum absolute atomic E-state index is 0.128. The Hall–Kier alpha value is -3.31. The number of amides is 2. The molecule has 1 aliphatic carbocycles. The summed E-state index contributed by atoms with van der Waals surface area (Å²) < 4.78 is 5.86. The van der Waals surface area contributed by atoms with Gasteiger partial charge in [0.15, 0.2) is 6.61 Å². The van der Waals surface area contributed by atoms with Gasteiger partial charge in [-0.2, -0.15) is 0 Å². The van der Waals surface area contributed by atoms with E-state index in [1.54, 1.807) is 11.0 Å². The number of carbonyl (C=O) groups is 2. The second-order valence-electron chi connectivity index (χ2n) is 9.45. The molecule has 6 heteroatoms. The van der Waals surface area contributed by atoms with Crippen molar-refractivity contribution in [2.24, 2.45) is 0 Å². The van der Waals surface area contributed by atoms with Gasteiger partial charge in [0.1, 0.15) is 11.8 Å². The molecule has 2 amide bonds. The lowest BCUT2D eigenvalue weighted by atomic mass is 10.0. The number of benzene rings is 3. The van der Waals surface area contributed by atoms with Crippen molar-refractivity contribution < 1.29 is 14.3 Å². The van der Waals surface area contributed by atoms with Crippen molar-refractivity contribution in [3.8, 4) is 5.75 Å². The number of aryl methyl sites for hydroxylation is 1. The molecule has 4 rings (SSSR count). The second kappa shape index (κ2) is 12.6. The summed E-state index contributed by atoms with van der Waals surface area (Å²) in [6.45, 7) is 2.07. The van der Waals surface area contributed by atoms with Crippen LogP contribution in [0.2, 0.25) is 5.02 Å². The summed E-state index contributed by atoms with van der Waals surface area (Å²) in [6, 6.07) is 24.3. The highest BCUT2D eigenvalue weighted by atomic mass is 35.5. The van der Waals surface area contributed by atoms with Gasteiger partial charge in [0.25, 0.3) is 5.91 Å².